The lowest BCUT2D eigenvalue weighted by Crippen LogP contribution is -2.39. The van der Waals surface area contributed by atoms with Gasteiger partial charge in [-0.2, -0.15) is 4.31 Å². The molecule has 2 aromatic carbocycles. The van der Waals surface area contributed by atoms with Crippen LogP contribution in [0.2, 0.25) is 0 Å². The quantitative estimate of drug-likeness (QED) is 0.603. The van der Waals surface area contributed by atoms with Gasteiger partial charge in [0.2, 0.25) is 15.9 Å². The normalized spacial score (nSPS) is 19.4. The molecule has 3 heterocycles. The maximum absolute atomic E-state index is 13.1. The van der Waals surface area contributed by atoms with Crippen molar-refractivity contribution in [1.29, 1.82) is 0 Å². The summed E-state index contributed by atoms with van der Waals surface area (Å²) in [5.41, 5.74) is 2.53. The van der Waals surface area contributed by atoms with Crippen molar-refractivity contribution >= 4 is 32.7 Å². The number of hydrogen-bond acceptors (Lipinski definition) is 5. The number of carbonyl (C=O) groups is 1. The minimum atomic E-state index is -3.65. The summed E-state index contributed by atoms with van der Waals surface area (Å²) in [5, 5.41) is 0. The highest BCUT2D eigenvalue weighted by Gasteiger charge is 2.32. The lowest BCUT2D eigenvalue weighted by molar-refractivity contribution is -0.119. The number of para-hydroxylation sites is 1. The average Bonchev–Trinajstić information content (AvgIpc) is 3.29. The Morgan fingerprint density at radius 2 is 1.84 bits per heavy atom. The summed E-state index contributed by atoms with van der Waals surface area (Å²) in [6.07, 6.45) is 3.47. The first-order valence-corrected chi connectivity index (χ1v) is 12.3. The first-order valence-electron chi connectivity index (χ1n) is 10.9. The van der Waals surface area contributed by atoms with Crippen molar-refractivity contribution in [3.8, 4) is 0 Å². The van der Waals surface area contributed by atoms with Gasteiger partial charge in [-0.05, 0) is 49.9 Å². The van der Waals surface area contributed by atoms with E-state index in [-0.39, 0.29) is 29.0 Å². The molecule has 8 nitrogen and oxygen atoms in total. The Hall–Kier alpha value is -2.91. The van der Waals surface area contributed by atoms with Gasteiger partial charge in [0.15, 0.2) is 5.58 Å². The summed E-state index contributed by atoms with van der Waals surface area (Å²) in [7, 11) is -3.65. The molecule has 0 unspecified atom stereocenters. The molecule has 2 aliphatic heterocycles. The van der Waals surface area contributed by atoms with Crippen LogP contribution in [-0.4, -0.2) is 42.3 Å². The monoisotopic (exact) mass is 455 g/mol. The number of oxazole rings is 1. The SMILES string of the molecule is C[C@@H]1Cc2ccccc2N1C(=O)Cn1c(=O)oc2cc(S(=O)(=O)N3CCCCC3)ccc21. The molecule has 1 amide bonds. The van der Waals surface area contributed by atoms with E-state index in [2.05, 4.69) is 0 Å². The number of anilines is 1. The van der Waals surface area contributed by atoms with Crippen molar-refractivity contribution in [2.24, 2.45) is 0 Å². The highest BCUT2D eigenvalue weighted by Crippen LogP contribution is 2.32. The zero-order chi connectivity index (χ0) is 22.5. The number of sulfonamides is 1. The van der Waals surface area contributed by atoms with E-state index < -0.39 is 15.8 Å². The molecule has 1 atom stereocenters. The van der Waals surface area contributed by atoms with Gasteiger partial charge in [-0.25, -0.2) is 13.2 Å². The van der Waals surface area contributed by atoms with Gasteiger partial charge >= 0.3 is 5.76 Å². The van der Waals surface area contributed by atoms with Gasteiger partial charge in [0.1, 0.15) is 6.54 Å². The van der Waals surface area contributed by atoms with Crippen molar-refractivity contribution in [3.05, 3.63) is 58.6 Å². The molecule has 0 saturated carbocycles. The average molecular weight is 456 g/mol. The van der Waals surface area contributed by atoms with Gasteiger partial charge in [0, 0.05) is 30.9 Å². The van der Waals surface area contributed by atoms with Crippen molar-refractivity contribution < 1.29 is 17.6 Å². The van der Waals surface area contributed by atoms with Crippen LogP contribution < -0.4 is 10.7 Å². The zero-order valence-electron chi connectivity index (χ0n) is 17.9. The third-order valence-electron chi connectivity index (χ3n) is 6.36. The van der Waals surface area contributed by atoms with Crippen molar-refractivity contribution in [2.45, 2.75) is 50.1 Å². The third-order valence-corrected chi connectivity index (χ3v) is 8.26. The molecule has 0 spiro atoms. The fourth-order valence-corrected chi connectivity index (χ4v) is 6.30. The largest absolute Gasteiger partial charge is 0.420 e. The lowest BCUT2D eigenvalue weighted by atomic mass is 10.1. The van der Waals surface area contributed by atoms with E-state index >= 15 is 0 Å². The zero-order valence-corrected chi connectivity index (χ0v) is 18.7. The molecular formula is C23H25N3O5S. The van der Waals surface area contributed by atoms with E-state index in [1.54, 1.807) is 11.0 Å². The third kappa shape index (κ3) is 3.45. The predicted octanol–water partition coefficient (Wildman–Crippen LogP) is 2.75. The second-order valence-corrected chi connectivity index (χ2v) is 10.4. The lowest BCUT2D eigenvalue weighted by Gasteiger charge is -2.25. The van der Waals surface area contributed by atoms with Crippen LogP contribution in [0.25, 0.3) is 11.1 Å². The summed E-state index contributed by atoms with van der Waals surface area (Å²) in [6.45, 7) is 2.79. The summed E-state index contributed by atoms with van der Waals surface area (Å²) in [5.74, 6) is -0.890. The van der Waals surface area contributed by atoms with Crippen LogP contribution in [0.15, 0.2) is 56.6 Å². The molecule has 9 heteroatoms. The van der Waals surface area contributed by atoms with E-state index in [4.69, 9.17) is 4.42 Å². The Kier molecular flexibility index (Phi) is 5.17. The van der Waals surface area contributed by atoms with Crippen LogP contribution in [0.3, 0.4) is 0 Å². The fourth-order valence-electron chi connectivity index (χ4n) is 4.77. The molecule has 5 rings (SSSR count). The van der Waals surface area contributed by atoms with E-state index in [0.717, 1.165) is 36.9 Å². The molecule has 2 aliphatic rings. The smallest absolute Gasteiger partial charge is 0.408 e. The fraction of sp³-hybridized carbons (Fsp3) is 0.391. The number of benzene rings is 2. The van der Waals surface area contributed by atoms with E-state index in [1.807, 2.05) is 31.2 Å². The van der Waals surface area contributed by atoms with E-state index in [9.17, 15) is 18.0 Å². The molecule has 0 bridgehead atoms. The molecule has 32 heavy (non-hydrogen) atoms. The molecule has 1 aromatic heterocycles. The second-order valence-electron chi connectivity index (χ2n) is 8.49. The van der Waals surface area contributed by atoms with Gasteiger partial charge in [-0.1, -0.05) is 24.6 Å². The molecule has 0 aliphatic carbocycles. The van der Waals surface area contributed by atoms with Crippen LogP contribution in [0, 0.1) is 0 Å². The van der Waals surface area contributed by atoms with Gasteiger partial charge in [0.25, 0.3) is 0 Å². The Morgan fingerprint density at radius 1 is 1.09 bits per heavy atom. The number of aromatic nitrogens is 1. The van der Waals surface area contributed by atoms with Gasteiger partial charge in [0.05, 0.1) is 10.4 Å². The summed E-state index contributed by atoms with van der Waals surface area (Å²) >= 11 is 0. The Bertz CT molecular complexity index is 1350. The Balaban J connectivity index is 1.45. The highest BCUT2D eigenvalue weighted by molar-refractivity contribution is 7.89. The molecule has 0 radical (unpaired) electrons. The second kappa shape index (κ2) is 7.90. The van der Waals surface area contributed by atoms with Gasteiger partial charge < -0.3 is 9.32 Å². The van der Waals surface area contributed by atoms with Crippen molar-refractivity contribution in [1.82, 2.24) is 8.87 Å². The van der Waals surface area contributed by atoms with Gasteiger partial charge in [-0.3, -0.25) is 9.36 Å². The molecule has 1 fully saturated rings. The molecule has 168 valence electrons. The molecular weight excluding hydrogens is 430 g/mol. The first kappa shape index (κ1) is 21.0. The number of hydrogen-bond donors (Lipinski definition) is 0. The van der Waals surface area contributed by atoms with Crippen LogP contribution >= 0.6 is 0 Å². The molecule has 3 aromatic rings. The maximum Gasteiger partial charge on any atom is 0.420 e. The summed E-state index contributed by atoms with van der Waals surface area (Å²) < 4.78 is 34.0. The summed E-state index contributed by atoms with van der Waals surface area (Å²) in [6, 6.07) is 12.2. The predicted molar refractivity (Wildman–Crippen MR) is 120 cm³/mol. The van der Waals surface area contributed by atoms with E-state index in [0.29, 0.717) is 18.6 Å². The summed E-state index contributed by atoms with van der Waals surface area (Å²) in [4.78, 5) is 27.5. The number of piperidine rings is 1. The van der Waals surface area contributed by atoms with Crippen LogP contribution in [-0.2, 0) is 27.8 Å². The van der Waals surface area contributed by atoms with Gasteiger partial charge in [-0.15, -0.1) is 0 Å². The molecule has 1 saturated heterocycles. The van der Waals surface area contributed by atoms with E-state index in [1.165, 1.54) is 21.0 Å². The maximum atomic E-state index is 13.1. The minimum absolute atomic E-state index is 0.00458. The Morgan fingerprint density at radius 3 is 2.62 bits per heavy atom. The number of nitrogens with zero attached hydrogens (tertiary/aromatic N) is 3. The minimum Gasteiger partial charge on any atom is -0.408 e. The van der Waals surface area contributed by atoms with Crippen LogP contribution in [0.1, 0.15) is 31.7 Å². The van der Waals surface area contributed by atoms with Crippen LogP contribution in [0.4, 0.5) is 5.69 Å². The number of rotatable bonds is 4. The van der Waals surface area contributed by atoms with Crippen molar-refractivity contribution in [3.63, 3.8) is 0 Å². The highest BCUT2D eigenvalue weighted by atomic mass is 32.2. The standard InChI is InChI=1S/C23H25N3O5S/c1-16-13-17-7-3-4-8-19(17)26(16)22(27)15-25-20-10-9-18(14-21(20)31-23(25)28)32(29,30)24-11-5-2-6-12-24/h3-4,7-10,14,16H,2,5-6,11-13,15H2,1H3/t16-/m1/s1. The number of fused-ring (bicyclic) bond motifs is 2. The van der Waals surface area contributed by atoms with Crippen LogP contribution in [0.5, 0.6) is 0 Å². The number of carbonyl (C=O) groups excluding carboxylic acids is 1. The topological polar surface area (TPSA) is 92.8 Å². The molecule has 0 N–H and O–H groups in total. The number of amides is 1. The Labute approximate surface area is 186 Å². The van der Waals surface area contributed by atoms with Crippen molar-refractivity contribution in [2.75, 3.05) is 18.0 Å². The first-order chi connectivity index (χ1) is 15.4.